The molecule has 0 aliphatic heterocycles. The molecule has 1 heterocycles. The van der Waals surface area contributed by atoms with Gasteiger partial charge in [-0.05, 0) is 57.2 Å². The molecule has 0 spiro atoms. The predicted octanol–water partition coefficient (Wildman–Crippen LogP) is 4.20. The summed E-state index contributed by atoms with van der Waals surface area (Å²) in [6.07, 6.45) is 3.51. The summed E-state index contributed by atoms with van der Waals surface area (Å²) in [5.41, 5.74) is 1.19. The Bertz CT molecular complexity index is 811. The summed E-state index contributed by atoms with van der Waals surface area (Å²) in [6.45, 7) is 7.14. The zero-order chi connectivity index (χ0) is 20.8. The van der Waals surface area contributed by atoms with Gasteiger partial charge in [0, 0.05) is 18.5 Å². The van der Waals surface area contributed by atoms with Crippen LogP contribution in [0.25, 0.3) is 0 Å². The largest absolute Gasteiger partial charge is 0.464 e. The molecule has 1 aromatic heterocycles. The van der Waals surface area contributed by atoms with Gasteiger partial charge in [-0.2, -0.15) is 0 Å². The van der Waals surface area contributed by atoms with E-state index in [-0.39, 0.29) is 30.3 Å². The van der Waals surface area contributed by atoms with Crippen LogP contribution in [0.15, 0.2) is 46.9 Å². The Balaban J connectivity index is 1.71. The van der Waals surface area contributed by atoms with Gasteiger partial charge in [0.15, 0.2) is 0 Å². The predicted molar refractivity (Wildman–Crippen MR) is 113 cm³/mol. The molecule has 1 aliphatic rings. The highest BCUT2D eigenvalue weighted by Gasteiger charge is 2.36. The molecule has 1 aromatic carbocycles. The minimum Gasteiger partial charge on any atom is -0.464 e. The third-order valence-corrected chi connectivity index (χ3v) is 5.65. The van der Waals surface area contributed by atoms with Crippen molar-refractivity contribution in [3.63, 3.8) is 0 Å². The Labute approximate surface area is 173 Å². The molecule has 0 saturated heterocycles. The number of hydrogen-bond donors (Lipinski definition) is 0. The van der Waals surface area contributed by atoms with Crippen LogP contribution in [0.5, 0.6) is 0 Å². The molecule has 0 radical (unpaired) electrons. The lowest BCUT2D eigenvalue weighted by Crippen LogP contribution is -2.47. The molecule has 2 aromatic rings. The SMILES string of the molecule is CC[C@H](C)N(CC(=O)N(CCc1ccccc1)Cc1ccc(C)o1)C(=O)C1CC1. The average molecular weight is 397 g/mol. The van der Waals surface area contributed by atoms with E-state index in [9.17, 15) is 9.59 Å². The van der Waals surface area contributed by atoms with Gasteiger partial charge in [0.05, 0.1) is 6.54 Å². The molecule has 1 aliphatic carbocycles. The second kappa shape index (κ2) is 9.77. The fourth-order valence-electron chi connectivity index (χ4n) is 3.44. The van der Waals surface area contributed by atoms with E-state index in [0.717, 1.165) is 37.2 Å². The van der Waals surface area contributed by atoms with Crippen LogP contribution < -0.4 is 0 Å². The van der Waals surface area contributed by atoms with Crippen LogP contribution in [0.2, 0.25) is 0 Å². The average Bonchev–Trinajstić information content (AvgIpc) is 3.50. The minimum absolute atomic E-state index is 0.0238. The molecule has 0 unspecified atom stereocenters. The van der Waals surface area contributed by atoms with Crippen LogP contribution >= 0.6 is 0 Å². The molecule has 3 rings (SSSR count). The molecule has 0 N–H and O–H groups in total. The maximum Gasteiger partial charge on any atom is 0.242 e. The van der Waals surface area contributed by atoms with Crippen LogP contribution in [-0.4, -0.2) is 40.7 Å². The van der Waals surface area contributed by atoms with Crippen molar-refractivity contribution >= 4 is 11.8 Å². The monoisotopic (exact) mass is 396 g/mol. The highest BCUT2D eigenvalue weighted by Crippen LogP contribution is 2.32. The van der Waals surface area contributed by atoms with E-state index in [0.29, 0.717) is 13.1 Å². The van der Waals surface area contributed by atoms with E-state index in [4.69, 9.17) is 4.42 Å². The van der Waals surface area contributed by atoms with Crippen LogP contribution in [0.4, 0.5) is 0 Å². The Morgan fingerprint density at radius 1 is 1.14 bits per heavy atom. The van der Waals surface area contributed by atoms with E-state index in [1.54, 1.807) is 4.90 Å². The smallest absolute Gasteiger partial charge is 0.242 e. The van der Waals surface area contributed by atoms with Gasteiger partial charge < -0.3 is 14.2 Å². The van der Waals surface area contributed by atoms with Gasteiger partial charge in [-0.1, -0.05) is 37.3 Å². The first-order valence-corrected chi connectivity index (χ1v) is 10.7. The van der Waals surface area contributed by atoms with E-state index in [1.807, 2.05) is 49.1 Å². The summed E-state index contributed by atoms with van der Waals surface area (Å²) in [5, 5.41) is 0. The van der Waals surface area contributed by atoms with Crippen molar-refractivity contribution in [2.45, 2.75) is 59.0 Å². The highest BCUT2D eigenvalue weighted by molar-refractivity contribution is 5.87. The fraction of sp³-hybridized carbons (Fsp3) is 0.500. The molecule has 1 fully saturated rings. The number of amides is 2. The summed E-state index contributed by atoms with van der Waals surface area (Å²) in [4.78, 5) is 29.6. The van der Waals surface area contributed by atoms with Crippen molar-refractivity contribution in [2.75, 3.05) is 13.1 Å². The van der Waals surface area contributed by atoms with E-state index in [2.05, 4.69) is 19.1 Å². The number of carbonyl (C=O) groups is 2. The molecule has 5 nitrogen and oxygen atoms in total. The second-order valence-corrected chi connectivity index (χ2v) is 8.06. The lowest BCUT2D eigenvalue weighted by atomic mass is 10.1. The molecule has 1 atom stereocenters. The van der Waals surface area contributed by atoms with Crippen molar-refractivity contribution in [3.05, 3.63) is 59.5 Å². The zero-order valence-corrected chi connectivity index (χ0v) is 17.8. The van der Waals surface area contributed by atoms with Crippen molar-refractivity contribution in [2.24, 2.45) is 5.92 Å². The number of rotatable bonds is 10. The molecule has 2 amide bonds. The minimum atomic E-state index is -0.0238. The summed E-state index contributed by atoms with van der Waals surface area (Å²) in [5.74, 6) is 1.82. The maximum absolute atomic E-state index is 13.2. The van der Waals surface area contributed by atoms with Crippen LogP contribution in [0.1, 0.15) is 50.2 Å². The quantitative estimate of drug-likeness (QED) is 0.605. The van der Waals surface area contributed by atoms with E-state index in [1.165, 1.54) is 5.56 Å². The lowest BCUT2D eigenvalue weighted by Gasteiger charge is -2.31. The standard InChI is InChI=1S/C24H32N2O3/c1-4-18(2)26(24(28)21-11-12-21)17-23(27)25(16-22-13-10-19(3)29-22)15-14-20-8-6-5-7-9-20/h5-10,13,18,21H,4,11-12,14-17H2,1-3H3/t18-/m0/s1. The third kappa shape index (κ3) is 5.96. The first-order chi connectivity index (χ1) is 14.0. The number of carbonyl (C=O) groups excluding carboxylic acids is 2. The summed E-state index contributed by atoms with van der Waals surface area (Å²) >= 11 is 0. The maximum atomic E-state index is 13.2. The van der Waals surface area contributed by atoms with Gasteiger partial charge in [-0.25, -0.2) is 0 Å². The summed E-state index contributed by atoms with van der Waals surface area (Å²) < 4.78 is 5.71. The topological polar surface area (TPSA) is 53.8 Å². The Hall–Kier alpha value is -2.56. The zero-order valence-electron chi connectivity index (χ0n) is 17.8. The van der Waals surface area contributed by atoms with E-state index >= 15 is 0 Å². The first kappa shape index (κ1) is 21.2. The molecule has 0 bridgehead atoms. The summed E-state index contributed by atoms with van der Waals surface area (Å²) in [6, 6.07) is 14.0. The van der Waals surface area contributed by atoms with Crippen molar-refractivity contribution in [1.29, 1.82) is 0 Å². The molecular weight excluding hydrogens is 364 g/mol. The number of furan rings is 1. The van der Waals surface area contributed by atoms with Crippen molar-refractivity contribution in [1.82, 2.24) is 9.80 Å². The Morgan fingerprint density at radius 2 is 1.86 bits per heavy atom. The highest BCUT2D eigenvalue weighted by atomic mass is 16.3. The molecular formula is C24H32N2O3. The molecule has 156 valence electrons. The fourth-order valence-corrected chi connectivity index (χ4v) is 3.44. The number of benzene rings is 1. The van der Waals surface area contributed by atoms with Gasteiger partial charge in [0.2, 0.25) is 11.8 Å². The van der Waals surface area contributed by atoms with Crippen LogP contribution in [0, 0.1) is 12.8 Å². The van der Waals surface area contributed by atoms with Crippen LogP contribution in [0.3, 0.4) is 0 Å². The summed E-state index contributed by atoms with van der Waals surface area (Å²) in [7, 11) is 0. The molecule has 1 saturated carbocycles. The van der Waals surface area contributed by atoms with Gasteiger partial charge in [0.25, 0.3) is 0 Å². The molecule has 5 heteroatoms. The molecule has 29 heavy (non-hydrogen) atoms. The number of aryl methyl sites for hydroxylation is 1. The lowest BCUT2D eigenvalue weighted by molar-refractivity contribution is -0.143. The number of nitrogens with zero attached hydrogens (tertiary/aromatic N) is 2. The first-order valence-electron chi connectivity index (χ1n) is 10.7. The van der Waals surface area contributed by atoms with Gasteiger partial charge in [0.1, 0.15) is 18.1 Å². The normalized spacial score (nSPS) is 14.4. The number of hydrogen-bond acceptors (Lipinski definition) is 3. The van der Waals surface area contributed by atoms with Crippen molar-refractivity contribution < 1.29 is 14.0 Å². The Kier molecular flexibility index (Phi) is 7.13. The van der Waals surface area contributed by atoms with E-state index < -0.39 is 0 Å². The second-order valence-electron chi connectivity index (χ2n) is 8.06. The Morgan fingerprint density at radius 3 is 2.45 bits per heavy atom. The van der Waals surface area contributed by atoms with Gasteiger partial charge >= 0.3 is 0 Å². The van der Waals surface area contributed by atoms with Crippen molar-refractivity contribution in [3.8, 4) is 0 Å². The van der Waals surface area contributed by atoms with Crippen LogP contribution in [-0.2, 0) is 22.6 Å². The van der Waals surface area contributed by atoms with Gasteiger partial charge in [-0.15, -0.1) is 0 Å². The van der Waals surface area contributed by atoms with Gasteiger partial charge in [-0.3, -0.25) is 9.59 Å². The third-order valence-electron chi connectivity index (χ3n) is 5.65.